The first-order valence-electron chi connectivity index (χ1n) is 7.22. The summed E-state index contributed by atoms with van der Waals surface area (Å²) in [6.45, 7) is 6.09. The molecule has 0 atom stereocenters. The minimum absolute atomic E-state index is 0.0566. The summed E-state index contributed by atoms with van der Waals surface area (Å²) in [5, 5.41) is 14.2. The van der Waals surface area contributed by atoms with E-state index in [2.05, 4.69) is 5.32 Å². The highest BCUT2D eigenvalue weighted by atomic mass is 32.1. The monoisotopic (exact) mass is 311 g/mol. The molecule has 1 aliphatic rings. The summed E-state index contributed by atoms with van der Waals surface area (Å²) in [7, 11) is 0. The van der Waals surface area contributed by atoms with Gasteiger partial charge in [0, 0.05) is 42.5 Å². The normalized spacial score (nSPS) is 16.4. The number of carbonyl (C=O) groups is 1. The van der Waals surface area contributed by atoms with Gasteiger partial charge in [-0.05, 0) is 18.9 Å². The summed E-state index contributed by atoms with van der Waals surface area (Å²) in [6.07, 6.45) is 1.87. The van der Waals surface area contributed by atoms with Crippen LogP contribution in [0.2, 0.25) is 0 Å². The average molecular weight is 311 g/mol. The van der Waals surface area contributed by atoms with Crippen LogP contribution >= 0.6 is 11.3 Å². The van der Waals surface area contributed by atoms with Crippen LogP contribution in [0.15, 0.2) is 12.1 Å². The fraction of sp³-hybridized carbons (Fsp3) is 0.643. The van der Waals surface area contributed by atoms with E-state index in [-0.39, 0.29) is 21.7 Å². The van der Waals surface area contributed by atoms with Gasteiger partial charge < -0.3 is 10.2 Å². The Balaban J connectivity index is 1.76. The molecule has 6 nitrogen and oxygen atoms in total. The van der Waals surface area contributed by atoms with Crippen LogP contribution in [0.1, 0.15) is 31.6 Å². The van der Waals surface area contributed by atoms with E-state index in [1.165, 1.54) is 11.3 Å². The number of rotatable bonds is 5. The third kappa shape index (κ3) is 4.25. The maximum absolute atomic E-state index is 11.9. The lowest BCUT2D eigenvalue weighted by Gasteiger charge is -2.33. The third-order valence-corrected chi connectivity index (χ3v) is 4.73. The molecule has 0 spiro atoms. The van der Waals surface area contributed by atoms with Crippen molar-refractivity contribution in [3.63, 3.8) is 0 Å². The quantitative estimate of drug-likeness (QED) is 0.669. The van der Waals surface area contributed by atoms with Crippen molar-refractivity contribution in [3.05, 3.63) is 27.1 Å². The minimum Gasteiger partial charge on any atom is -0.342 e. The molecule has 1 N–H and O–H groups in total. The molecule has 2 rings (SSSR count). The molecule has 0 saturated carbocycles. The predicted molar refractivity (Wildman–Crippen MR) is 82.3 cm³/mol. The second kappa shape index (κ2) is 7.00. The zero-order valence-electron chi connectivity index (χ0n) is 12.4. The Bertz CT molecular complexity index is 507. The molecular weight excluding hydrogens is 290 g/mol. The van der Waals surface area contributed by atoms with E-state index in [1.807, 2.05) is 18.7 Å². The molecule has 0 radical (unpaired) electrons. The van der Waals surface area contributed by atoms with Crippen LogP contribution in [0.5, 0.6) is 0 Å². The molecule has 1 fully saturated rings. The number of carbonyl (C=O) groups excluding carboxylic acids is 1. The summed E-state index contributed by atoms with van der Waals surface area (Å²) in [5.41, 5.74) is 0. The molecule has 7 heteroatoms. The van der Waals surface area contributed by atoms with Crippen molar-refractivity contribution in [2.45, 2.75) is 39.3 Å². The molecule has 1 amide bonds. The van der Waals surface area contributed by atoms with Gasteiger partial charge in [0.1, 0.15) is 0 Å². The Morgan fingerprint density at radius 3 is 2.67 bits per heavy atom. The molecule has 116 valence electrons. The molecule has 1 saturated heterocycles. The Morgan fingerprint density at radius 1 is 1.48 bits per heavy atom. The van der Waals surface area contributed by atoms with E-state index in [9.17, 15) is 14.9 Å². The zero-order valence-corrected chi connectivity index (χ0v) is 13.2. The lowest BCUT2D eigenvalue weighted by molar-refractivity contribution is -0.380. The number of likely N-dealkylation sites (tertiary alicyclic amines) is 1. The third-order valence-electron chi connectivity index (χ3n) is 3.69. The van der Waals surface area contributed by atoms with Crippen molar-refractivity contribution in [2.24, 2.45) is 5.92 Å². The highest BCUT2D eigenvalue weighted by Gasteiger charge is 2.24. The Morgan fingerprint density at radius 2 is 2.14 bits per heavy atom. The maximum Gasteiger partial charge on any atom is 0.324 e. The van der Waals surface area contributed by atoms with Gasteiger partial charge in [-0.2, -0.15) is 0 Å². The number of nitrogens with one attached hydrogen (secondary N) is 1. The van der Waals surface area contributed by atoms with Gasteiger partial charge in [-0.25, -0.2) is 0 Å². The van der Waals surface area contributed by atoms with Crippen molar-refractivity contribution in [2.75, 3.05) is 13.1 Å². The predicted octanol–water partition coefficient (Wildman–Crippen LogP) is 2.39. The van der Waals surface area contributed by atoms with Crippen molar-refractivity contribution in [1.82, 2.24) is 10.2 Å². The van der Waals surface area contributed by atoms with Crippen LogP contribution in [-0.2, 0) is 11.3 Å². The van der Waals surface area contributed by atoms with Gasteiger partial charge in [-0.3, -0.25) is 14.9 Å². The minimum atomic E-state index is -0.357. The van der Waals surface area contributed by atoms with Crippen LogP contribution in [0.4, 0.5) is 5.00 Å². The van der Waals surface area contributed by atoms with Gasteiger partial charge in [-0.1, -0.05) is 25.2 Å². The fourth-order valence-electron chi connectivity index (χ4n) is 2.47. The van der Waals surface area contributed by atoms with Gasteiger partial charge in [0.2, 0.25) is 5.91 Å². The van der Waals surface area contributed by atoms with E-state index < -0.39 is 0 Å². The van der Waals surface area contributed by atoms with Crippen LogP contribution in [0, 0.1) is 16.0 Å². The van der Waals surface area contributed by atoms with Crippen molar-refractivity contribution < 1.29 is 9.72 Å². The summed E-state index contributed by atoms with van der Waals surface area (Å²) in [5.74, 6) is 0.281. The van der Waals surface area contributed by atoms with Gasteiger partial charge in [0.05, 0.1) is 4.92 Å². The molecule has 0 aromatic carbocycles. The van der Waals surface area contributed by atoms with Gasteiger partial charge in [0.25, 0.3) is 0 Å². The van der Waals surface area contributed by atoms with E-state index in [0.29, 0.717) is 12.6 Å². The van der Waals surface area contributed by atoms with E-state index >= 15 is 0 Å². The second-order valence-corrected chi connectivity index (χ2v) is 6.78. The number of amides is 1. The topological polar surface area (TPSA) is 75.5 Å². The van der Waals surface area contributed by atoms with Crippen molar-refractivity contribution >= 4 is 22.2 Å². The molecule has 21 heavy (non-hydrogen) atoms. The van der Waals surface area contributed by atoms with E-state index in [4.69, 9.17) is 0 Å². The summed E-state index contributed by atoms with van der Waals surface area (Å²) >= 11 is 1.21. The Labute approximate surface area is 128 Å². The highest BCUT2D eigenvalue weighted by molar-refractivity contribution is 7.15. The smallest absolute Gasteiger partial charge is 0.324 e. The summed E-state index contributed by atoms with van der Waals surface area (Å²) < 4.78 is 0. The van der Waals surface area contributed by atoms with E-state index in [0.717, 1.165) is 30.8 Å². The van der Waals surface area contributed by atoms with Gasteiger partial charge in [-0.15, -0.1) is 0 Å². The van der Waals surface area contributed by atoms with Crippen LogP contribution < -0.4 is 5.32 Å². The average Bonchev–Trinajstić information content (AvgIpc) is 2.94. The van der Waals surface area contributed by atoms with Crippen molar-refractivity contribution in [3.8, 4) is 0 Å². The first kappa shape index (κ1) is 15.9. The van der Waals surface area contributed by atoms with Crippen LogP contribution in [-0.4, -0.2) is 34.9 Å². The first-order chi connectivity index (χ1) is 9.97. The molecule has 0 unspecified atom stereocenters. The number of nitro groups is 1. The molecule has 2 heterocycles. The number of thiophene rings is 1. The Hall–Kier alpha value is -1.47. The first-order valence-corrected chi connectivity index (χ1v) is 8.04. The zero-order chi connectivity index (χ0) is 15.4. The van der Waals surface area contributed by atoms with Crippen molar-refractivity contribution in [1.29, 1.82) is 0 Å². The van der Waals surface area contributed by atoms with E-state index in [1.54, 1.807) is 12.1 Å². The number of hydrogen-bond acceptors (Lipinski definition) is 5. The summed E-state index contributed by atoms with van der Waals surface area (Å²) in [6, 6.07) is 3.72. The Kier molecular flexibility index (Phi) is 5.30. The van der Waals surface area contributed by atoms with Gasteiger partial charge >= 0.3 is 5.00 Å². The second-order valence-electron chi connectivity index (χ2n) is 5.63. The largest absolute Gasteiger partial charge is 0.342 e. The number of hydrogen-bond donors (Lipinski definition) is 1. The molecule has 1 aromatic heterocycles. The summed E-state index contributed by atoms with van der Waals surface area (Å²) in [4.78, 5) is 25.1. The molecule has 0 bridgehead atoms. The molecular formula is C14H21N3O3S. The molecule has 1 aromatic rings. The van der Waals surface area contributed by atoms with Gasteiger partial charge in [0.15, 0.2) is 0 Å². The highest BCUT2D eigenvalue weighted by Crippen LogP contribution is 2.24. The molecule has 1 aliphatic heterocycles. The lowest BCUT2D eigenvalue weighted by Crippen LogP contribution is -2.45. The lowest BCUT2D eigenvalue weighted by atomic mass is 10.0. The molecule has 0 aliphatic carbocycles. The maximum atomic E-state index is 11.9. The number of piperidine rings is 1. The van der Waals surface area contributed by atoms with Crippen LogP contribution in [0.25, 0.3) is 0 Å². The number of nitrogens with zero attached hydrogens (tertiary/aromatic N) is 2. The SMILES string of the molecule is CC(C)C(=O)N1CCC(NCc2ccc([N+](=O)[O-])s2)CC1. The fourth-order valence-corrected chi connectivity index (χ4v) is 3.24. The van der Waals surface area contributed by atoms with Crippen LogP contribution in [0.3, 0.4) is 0 Å². The standard InChI is InChI=1S/C14H21N3O3S/c1-10(2)14(18)16-7-5-11(6-8-16)15-9-12-3-4-13(21-12)17(19)20/h3-4,10-11,15H,5-9H2,1-2H3.